The number of aliphatic hydroxyl groups excluding tert-OH is 1. The third-order valence-electron chi connectivity index (χ3n) is 7.97. The van der Waals surface area contributed by atoms with Crippen molar-refractivity contribution in [1.82, 2.24) is 9.55 Å². The quantitative estimate of drug-likeness (QED) is 0.0975. The van der Waals surface area contributed by atoms with Crippen LogP contribution in [0.4, 0.5) is 14.5 Å². The first kappa shape index (κ1) is 34.4. The largest absolute Gasteiger partial charge is 0.494 e. The molecule has 46 heavy (non-hydrogen) atoms. The van der Waals surface area contributed by atoms with Crippen LogP contribution >= 0.6 is 0 Å². The molecule has 0 bridgehead atoms. The Morgan fingerprint density at radius 1 is 1.13 bits per heavy atom. The van der Waals surface area contributed by atoms with E-state index in [-0.39, 0.29) is 47.9 Å². The van der Waals surface area contributed by atoms with E-state index in [1.54, 1.807) is 16.8 Å². The second kappa shape index (κ2) is 16.2. The van der Waals surface area contributed by atoms with Crippen LogP contribution in [-0.2, 0) is 11.2 Å². The van der Waals surface area contributed by atoms with E-state index in [4.69, 9.17) is 15.9 Å². The third-order valence-corrected chi connectivity index (χ3v) is 7.97. The molecule has 0 amide bonds. The van der Waals surface area contributed by atoms with E-state index in [0.717, 1.165) is 11.3 Å². The first-order valence-corrected chi connectivity index (χ1v) is 15.6. The summed E-state index contributed by atoms with van der Waals surface area (Å²) in [6, 6.07) is 8.36. The van der Waals surface area contributed by atoms with Gasteiger partial charge in [-0.1, -0.05) is 19.1 Å². The average Bonchev–Trinajstić information content (AvgIpc) is 3.37. The fraction of sp³-hybridized carbons (Fsp3) is 0.371. The molecule has 9 nitrogen and oxygen atoms in total. The van der Waals surface area contributed by atoms with Gasteiger partial charge < -0.3 is 26.3 Å². The molecule has 11 heteroatoms. The number of rotatable bonds is 17. The lowest BCUT2D eigenvalue weighted by atomic mass is 9.96. The molecule has 1 aliphatic heterocycles. The number of nitrogens with two attached hydrogens (primary N) is 1. The minimum absolute atomic E-state index is 0.00619. The highest BCUT2D eigenvalue weighted by Gasteiger charge is 2.22. The van der Waals surface area contributed by atoms with Crippen LogP contribution in [0.1, 0.15) is 80.0 Å². The number of imidazole rings is 1. The predicted octanol–water partition coefficient (Wildman–Crippen LogP) is 6.55. The summed E-state index contributed by atoms with van der Waals surface area (Å²) in [5.41, 5.74) is 8.77. The number of fused-ring (bicyclic) bond motifs is 1. The molecule has 0 aliphatic carbocycles. The maximum Gasteiger partial charge on any atom is 0.201 e. The zero-order chi connectivity index (χ0) is 33.2. The number of ketones is 2. The lowest BCUT2D eigenvalue weighted by molar-refractivity contribution is -0.113. The van der Waals surface area contributed by atoms with Crippen LogP contribution in [0.2, 0.25) is 0 Å². The topological polar surface area (TPSA) is 143 Å². The van der Waals surface area contributed by atoms with Gasteiger partial charge in [0.2, 0.25) is 5.82 Å². The van der Waals surface area contributed by atoms with E-state index in [0.29, 0.717) is 67.8 Å². The molecule has 0 fully saturated rings. The van der Waals surface area contributed by atoms with Gasteiger partial charge in [-0.15, -0.1) is 0 Å². The van der Waals surface area contributed by atoms with Crippen LogP contribution in [0.15, 0.2) is 48.7 Å². The fourth-order valence-electron chi connectivity index (χ4n) is 5.38. The molecular formula is C35H41F2N5O4. The average molecular weight is 634 g/mol. The van der Waals surface area contributed by atoms with E-state index in [9.17, 15) is 23.5 Å². The van der Waals surface area contributed by atoms with E-state index in [1.807, 2.05) is 31.2 Å². The molecule has 0 saturated heterocycles. The standard InChI is InChI=1S/C35H41F2N5O4/c1-3-22-20-23(12-14-25(22)30(44)10-6-8-24(43)13-16-27(39)31(45)11-7-18-38)41-28-9-4-5-19-42-29(21-40-35(28)42)26-15-17-32(46-2)34(37)33(26)36/h5,9,12,14-15,17,19-21,24,39,41,43H,3-4,6-8,10-11,13,16,18,38H2,1-2H3. The minimum atomic E-state index is -1.07. The summed E-state index contributed by atoms with van der Waals surface area (Å²) in [4.78, 5) is 29.5. The molecule has 4 rings (SSSR count). The van der Waals surface area contributed by atoms with Crippen LogP contribution in [0.5, 0.6) is 5.75 Å². The van der Waals surface area contributed by atoms with Crippen LogP contribution in [0.25, 0.3) is 23.2 Å². The number of carbonyl (C=O) groups is 2. The number of aryl methyl sites for hydroxylation is 1. The molecule has 1 unspecified atom stereocenters. The summed E-state index contributed by atoms with van der Waals surface area (Å²) in [5.74, 6) is -2.00. The van der Waals surface area contributed by atoms with Gasteiger partial charge in [-0.3, -0.25) is 14.2 Å². The van der Waals surface area contributed by atoms with Gasteiger partial charge >= 0.3 is 0 Å². The van der Waals surface area contributed by atoms with Gasteiger partial charge in [-0.05, 0) is 87.4 Å². The summed E-state index contributed by atoms with van der Waals surface area (Å²) in [5, 5.41) is 21.6. The zero-order valence-corrected chi connectivity index (χ0v) is 26.2. The Kier molecular flexibility index (Phi) is 12.1. The number of methoxy groups -OCH3 is 1. The van der Waals surface area contributed by atoms with Crippen molar-refractivity contribution in [3.05, 3.63) is 77.3 Å². The molecule has 1 atom stereocenters. The van der Waals surface area contributed by atoms with Crippen molar-refractivity contribution in [2.45, 2.75) is 70.8 Å². The Morgan fingerprint density at radius 2 is 1.93 bits per heavy atom. The number of halogens is 2. The first-order chi connectivity index (χ1) is 22.2. The van der Waals surface area contributed by atoms with Crippen molar-refractivity contribution in [3.63, 3.8) is 0 Å². The number of allylic oxidation sites excluding steroid dienone is 2. The lowest BCUT2D eigenvalue weighted by Crippen LogP contribution is -2.17. The van der Waals surface area contributed by atoms with Crippen molar-refractivity contribution in [3.8, 4) is 17.0 Å². The normalized spacial score (nSPS) is 13.0. The maximum atomic E-state index is 14.9. The first-order valence-electron chi connectivity index (χ1n) is 15.6. The number of aliphatic hydroxyl groups is 1. The molecule has 0 saturated carbocycles. The number of hydrogen-bond acceptors (Lipinski definition) is 8. The van der Waals surface area contributed by atoms with E-state index in [1.165, 1.54) is 25.4 Å². The van der Waals surface area contributed by atoms with Gasteiger partial charge in [-0.2, -0.15) is 4.39 Å². The molecule has 2 heterocycles. The van der Waals surface area contributed by atoms with Crippen molar-refractivity contribution in [2.75, 3.05) is 19.0 Å². The van der Waals surface area contributed by atoms with Crippen LogP contribution in [0, 0.1) is 17.0 Å². The van der Waals surface area contributed by atoms with Crippen LogP contribution in [0.3, 0.4) is 0 Å². The van der Waals surface area contributed by atoms with Crippen molar-refractivity contribution in [1.29, 1.82) is 5.41 Å². The summed E-state index contributed by atoms with van der Waals surface area (Å²) >= 11 is 0. The molecule has 1 aromatic heterocycles. The molecule has 0 spiro atoms. The molecule has 244 valence electrons. The Balaban J connectivity index is 1.39. The Labute approximate surface area is 267 Å². The summed E-state index contributed by atoms with van der Waals surface area (Å²) in [6.07, 6.45) is 10.1. The SMILES string of the molecule is CCc1cc(NC2=CCC=Cn3c(-c4ccc(OC)c(F)c4F)cnc32)ccc1C(=O)CCCC(O)CCC(=N)C(=O)CCCN. The monoisotopic (exact) mass is 633 g/mol. The van der Waals surface area contributed by atoms with Gasteiger partial charge in [0.1, 0.15) is 0 Å². The van der Waals surface area contributed by atoms with Crippen LogP contribution < -0.4 is 15.8 Å². The minimum Gasteiger partial charge on any atom is -0.494 e. The Morgan fingerprint density at radius 3 is 2.67 bits per heavy atom. The third kappa shape index (κ3) is 8.21. The second-order valence-electron chi connectivity index (χ2n) is 11.2. The number of hydrogen-bond donors (Lipinski definition) is 4. The fourth-order valence-corrected chi connectivity index (χ4v) is 5.38. The number of ether oxygens (including phenoxy) is 1. The number of carbonyl (C=O) groups excluding carboxylic acids is 2. The summed E-state index contributed by atoms with van der Waals surface area (Å²) in [6.45, 7) is 2.37. The van der Waals surface area contributed by atoms with Crippen molar-refractivity contribution < 1.29 is 28.2 Å². The Hall–Kier alpha value is -4.48. The molecule has 3 aromatic rings. The molecule has 2 aromatic carbocycles. The Bertz CT molecular complexity index is 1650. The van der Waals surface area contributed by atoms with E-state index < -0.39 is 17.7 Å². The highest BCUT2D eigenvalue weighted by molar-refractivity contribution is 6.38. The van der Waals surface area contributed by atoms with Gasteiger partial charge in [0.05, 0.1) is 36.5 Å². The number of nitrogens with one attached hydrogen (secondary N) is 2. The molecular weight excluding hydrogens is 592 g/mol. The number of anilines is 1. The highest BCUT2D eigenvalue weighted by atomic mass is 19.2. The van der Waals surface area contributed by atoms with Gasteiger partial charge in [-0.25, -0.2) is 9.37 Å². The molecule has 1 aliphatic rings. The number of Topliss-reactive ketones (excluding diaryl/α,β-unsaturated/α-hetero) is 2. The lowest BCUT2D eigenvalue weighted by Gasteiger charge is -2.15. The van der Waals surface area contributed by atoms with Gasteiger partial charge in [0.15, 0.2) is 29.0 Å². The van der Waals surface area contributed by atoms with Gasteiger partial charge in [0.25, 0.3) is 0 Å². The number of aromatic nitrogens is 2. The van der Waals surface area contributed by atoms with Crippen LogP contribution in [-0.4, -0.2) is 51.7 Å². The van der Waals surface area contributed by atoms with E-state index in [2.05, 4.69) is 10.3 Å². The van der Waals surface area contributed by atoms with Crippen molar-refractivity contribution >= 4 is 34.9 Å². The van der Waals surface area contributed by atoms with Gasteiger partial charge in [0, 0.05) is 35.9 Å². The number of benzene rings is 2. The van der Waals surface area contributed by atoms with E-state index >= 15 is 0 Å². The maximum absolute atomic E-state index is 14.9. The molecule has 0 radical (unpaired) electrons. The smallest absolute Gasteiger partial charge is 0.201 e. The zero-order valence-electron chi connectivity index (χ0n) is 26.2. The molecule has 5 N–H and O–H groups in total. The second-order valence-corrected chi connectivity index (χ2v) is 11.2. The predicted molar refractivity (Wildman–Crippen MR) is 176 cm³/mol. The number of nitrogens with zero attached hydrogens (tertiary/aromatic N) is 2. The highest BCUT2D eigenvalue weighted by Crippen LogP contribution is 2.33. The summed E-state index contributed by atoms with van der Waals surface area (Å²) in [7, 11) is 1.28. The summed E-state index contributed by atoms with van der Waals surface area (Å²) < 4.78 is 36.0. The van der Waals surface area contributed by atoms with Crippen molar-refractivity contribution in [2.24, 2.45) is 5.73 Å².